The van der Waals surface area contributed by atoms with Crippen LogP contribution in [0.1, 0.15) is 12.8 Å². The second-order valence-corrected chi connectivity index (χ2v) is 5.25. The molecule has 1 atom stereocenters. The molecule has 0 saturated carbocycles. The molecule has 0 aromatic heterocycles. The molecule has 0 bridgehead atoms. The molecule has 140 valence electrons. The molecule has 0 amide bonds. The van der Waals surface area contributed by atoms with E-state index in [0.29, 0.717) is 63.1 Å². The van der Waals surface area contributed by atoms with Crippen molar-refractivity contribution in [2.24, 2.45) is 5.73 Å². The standard InChI is InChI=1S/C14H33NO7Si/c1-16-7-10-19-14(20-11-8-17-2,21-12-9-18-3)13(22-23)5-4-6-15/h13H,4-12,15H2,1-3,23H3. The summed E-state index contributed by atoms with van der Waals surface area (Å²) in [6.07, 6.45) is 1.08. The van der Waals surface area contributed by atoms with E-state index in [-0.39, 0.29) is 6.10 Å². The van der Waals surface area contributed by atoms with Crippen LogP contribution in [0, 0.1) is 0 Å². The van der Waals surface area contributed by atoms with Crippen molar-refractivity contribution in [1.29, 1.82) is 0 Å². The average molecular weight is 356 g/mol. The van der Waals surface area contributed by atoms with Gasteiger partial charge in [0.05, 0.1) is 39.6 Å². The van der Waals surface area contributed by atoms with Gasteiger partial charge in [0, 0.05) is 21.3 Å². The normalized spacial score (nSPS) is 13.6. The van der Waals surface area contributed by atoms with Crippen LogP contribution in [0.25, 0.3) is 0 Å². The average Bonchev–Trinajstić information content (AvgIpc) is 2.56. The molecule has 23 heavy (non-hydrogen) atoms. The lowest BCUT2D eigenvalue weighted by Crippen LogP contribution is -2.52. The van der Waals surface area contributed by atoms with Gasteiger partial charge in [0.1, 0.15) is 16.6 Å². The molecule has 0 radical (unpaired) electrons. The summed E-state index contributed by atoms with van der Waals surface area (Å²) in [6.45, 7) is 2.79. The first-order valence-electron chi connectivity index (χ1n) is 7.82. The maximum Gasteiger partial charge on any atom is 0.309 e. The molecule has 1 unspecified atom stereocenters. The molecule has 0 aliphatic rings. The minimum atomic E-state index is -1.31. The molecule has 0 rings (SSSR count). The lowest BCUT2D eigenvalue weighted by Gasteiger charge is -2.39. The Kier molecular flexibility index (Phi) is 15.4. The summed E-state index contributed by atoms with van der Waals surface area (Å²) in [7, 11) is 5.35. The molecule has 0 fully saturated rings. The van der Waals surface area contributed by atoms with Crippen LogP contribution in [-0.2, 0) is 32.8 Å². The minimum Gasteiger partial charge on any atom is -0.417 e. The molecule has 9 heteroatoms. The zero-order valence-corrected chi connectivity index (χ0v) is 16.9. The molecule has 2 N–H and O–H groups in total. The molecule has 0 aromatic rings. The number of rotatable bonds is 17. The van der Waals surface area contributed by atoms with Crippen molar-refractivity contribution in [3.8, 4) is 0 Å². The van der Waals surface area contributed by atoms with E-state index in [1.165, 1.54) is 0 Å². The second-order valence-electron chi connectivity index (χ2n) is 4.78. The van der Waals surface area contributed by atoms with Crippen LogP contribution in [0.2, 0.25) is 0 Å². The van der Waals surface area contributed by atoms with Gasteiger partial charge in [-0.05, 0) is 19.4 Å². The third kappa shape index (κ3) is 9.70. The SMILES string of the molecule is COCCOC(OCCOC)(OCCOC)C(CCCN)O[SiH3]. The Balaban J connectivity index is 5.03. The highest BCUT2D eigenvalue weighted by Crippen LogP contribution is 2.26. The predicted octanol–water partition coefficient (Wildman–Crippen LogP) is -0.966. The van der Waals surface area contributed by atoms with Crippen LogP contribution < -0.4 is 5.73 Å². The molecule has 0 aromatic carbocycles. The summed E-state index contributed by atoms with van der Waals surface area (Å²) in [5.74, 6) is -1.31. The van der Waals surface area contributed by atoms with Crippen LogP contribution in [0.15, 0.2) is 0 Å². The highest BCUT2D eigenvalue weighted by Gasteiger charge is 2.43. The minimum absolute atomic E-state index is 0.320. The molecular formula is C14H33NO7Si. The Hall–Kier alpha value is -0.103. The van der Waals surface area contributed by atoms with E-state index < -0.39 is 5.97 Å². The summed E-state index contributed by atoms with van der Waals surface area (Å²) in [5, 5.41) is 0. The third-order valence-corrected chi connectivity index (χ3v) is 3.69. The Morgan fingerprint density at radius 3 is 1.57 bits per heavy atom. The van der Waals surface area contributed by atoms with Crippen molar-refractivity contribution in [1.82, 2.24) is 0 Å². The van der Waals surface area contributed by atoms with Gasteiger partial charge in [-0.25, -0.2) is 0 Å². The van der Waals surface area contributed by atoms with Gasteiger partial charge in [-0.3, -0.25) is 0 Å². The summed E-state index contributed by atoms with van der Waals surface area (Å²) >= 11 is 0. The fraction of sp³-hybridized carbons (Fsp3) is 1.00. The van der Waals surface area contributed by atoms with E-state index in [9.17, 15) is 0 Å². The van der Waals surface area contributed by atoms with Crippen molar-refractivity contribution in [2.45, 2.75) is 24.9 Å². The molecule has 0 heterocycles. The van der Waals surface area contributed by atoms with Crippen molar-refractivity contribution in [2.75, 3.05) is 67.5 Å². The van der Waals surface area contributed by atoms with Crippen LogP contribution in [0.5, 0.6) is 0 Å². The number of hydrogen-bond acceptors (Lipinski definition) is 8. The van der Waals surface area contributed by atoms with E-state index in [2.05, 4.69) is 0 Å². The third-order valence-electron chi connectivity index (χ3n) is 3.12. The Bertz CT molecular complexity index is 235. The maximum atomic E-state index is 5.89. The first kappa shape index (κ1) is 22.9. The molecule has 0 aliphatic carbocycles. The fourth-order valence-electron chi connectivity index (χ4n) is 1.95. The quantitative estimate of drug-likeness (QED) is 0.203. The molecule has 8 nitrogen and oxygen atoms in total. The van der Waals surface area contributed by atoms with Crippen molar-refractivity contribution in [3.63, 3.8) is 0 Å². The van der Waals surface area contributed by atoms with Gasteiger partial charge in [-0.15, -0.1) is 0 Å². The summed E-state index contributed by atoms with van der Waals surface area (Å²) in [6, 6.07) is 0. The maximum absolute atomic E-state index is 5.89. The van der Waals surface area contributed by atoms with E-state index in [1.807, 2.05) is 0 Å². The van der Waals surface area contributed by atoms with Crippen LogP contribution in [0.4, 0.5) is 0 Å². The fourth-order valence-corrected chi connectivity index (χ4v) is 2.47. The van der Waals surface area contributed by atoms with Gasteiger partial charge in [0.25, 0.3) is 0 Å². The zero-order valence-electron chi connectivity index (χ0n) is 14.9. The van der Waals surface area contributed by atoms with E-state index in [0.717, 1.165) is 6.42 Å². The smallest absolute Gasteiger partial charge is 0.309 e. The lowest BCUT2D eigenvalue weighted by molar-refractivity contribution is -0.413. The number of ether oxygens (including phenoxy) is 6. The first-order chi connectivity index (χ1) is 11.2. The van der Waals surface area contributed by atoms with Gasteiger partial charge < -0.3 is 38.6 Å². The van der Waals surface area contributed by atoms with E-state index in [4.69, 9.17) is 38.6 Å². The van der Waals surface area contributed by atoms with Gasteiger partial charge in [-0.2, -0.15) is 0 Å². The summed E-state index contributed by atoms with van der Waals surface area (Å²) in [4.78, 5) is 0. The molecule has 0 aliphatic heterocycles. The highest BCUT2D eigenvalue weighted by atomic mass is 28.2. The molecule has 0 saturated heterocycles. The molecule has 0 spiro atoms. The molecular weight excluding hydrogens is 322 g/mol. The topological polar surface area (TPSA) is 90.6 Å². The van der Waals surface area contributed by atoms with Gasteiger partial charge in [0.15, 0.2) is 0 Å². The van der Waals surface area contributed by atoms with E-state index in [1.54, 1.807) is 21.3 Å². The zero-order chi connectivity index (χ0) is 17.4. The number of nitrogens with two attached hydrogens (primary N) is 1. The van der Waals surface area contributed by atoms with Crippen molar-refractivity contribution < 1.29 is 32.8 Å². The van der Waals surface area contributed by atoms with Gasteiger partial charge >= 0.3 is 5.97 Å². The highest BCUT2D eigenvalue weighted by molar-refractivity contribution is 5.98. The van der Waals surface area contributed by atoms with Gasteiger partial charge in [-0.1, -0.05) is 0 Å². The Morgan fingerprint density at radius 1 is 0.826 bits per heavy atom. The first-order valence-corrected chi connectivity index (χ1v) is 8.63. The summed E-state index contributed by atoms with van der Waals surface area (Å²) < 4.78 is 38.5. The number of hydrogen-bond donors (Lipinski definition) is 1. The Labute approximate surface area is 142 Å². The lowest BCUT2D eigenvalue weighted by atomic mass is 10.1. The van der Waals surface area contributed by atoms with Crippen molar-refractivity contribution >= 4 is 10.5 Å². The predicted molar refractivity (Wildman–Crippen MR) is 89.3 cm³/mol. The Morgan fingerprint density at radius 2 is 1.26 bits per heavy atom. The largest absolute Gasteiger partial charge is 0.417 e. The van der Waals surface area contributed by atoms with Crippen molar-refractivity contribution in [3.05, 3.63) is 0 Å². The summed E-state index contributed by atoms with van der Waals surface area (Å²) in [5.41, 5.74) is 5.61. The second kappa shape index (κ2) is 15.4. The number of methoxy groups -OCH3 is 3. The van der Waals surface area contributed by atoms with Gasteiger partial charge in [0.2, 0.25) is 0 Å². The van der Waals surface area contributed by atoms with E-state index >= 15 is 0 Å². The van der Waals surface area contributed by atoms with Crippen LogP contribution in [-0.4, -0.2) is 90.1 Å². The van der Waals surface area contributed by atoms with Crippen LogP contribution >= 0.6 is 0 Å². The van der Waals surface area contributed by atoms with Crippen LogP contribution in [0.3, 0.4) is 0 Å². The monoisotopic (exact) mass is 355 g/mol.